The molecule has 0 saturated heterocycles. The van der Waals surface area contributed by atoms with Gasteiger partial charge in [-0.15, -0.1) is 0 Å². The van der Waals surface area contributed by atoms with Crippen LogP contribution in [0.3, 0.4) is 0 Å². The standard InChI is InChI=1S/C16H25FN2O3/c1-11(20)8-16(2,3)10-19-15(21)18-9-12-5-6-14(22-4)13(17)7-12/h5-7,11,20H,8-10H2,1-4H3,(H2,18,19,21). The molecule has 1 aromatic carbocycles. The molecule has 0 spiro atoms. The molecule has 0 aliphatic heterocycles. The number of ether oxygens (including phenoxy) is 1. The van der Waals surface area contributed by atoms with E-state index in [1.54, 1.807) is 13.0 Å². The van der Waals surface area contributed by atoms with Gasteiger partial charge in [0.15, 0.2) is 11.6 Å². The van der Waals surface area contributed by atoms with Gasteiger partial charge < -0.3 is 20.5 Å². The van der Waals surface area contributed by atoms with Crippen LogP contribution in [0.15, 0.2) is 18.2 Å². The largest absolute Gasteiger partial charge is 0.494 e. The zero-order chi connectivity index (χ0) is 16.8. The maximum Gasteiger partial charge on any atom is 0.315 e. The van der Waals surface area contributed by atoms with Gasteiger partial charge >= 0.3 is 6.03 Å². The van der Waals surface area contributed by atoms with E-state index in [-0.39, 0.29) is 23.7 Å². The Labute approximate surface area is 130 Å². The van der Waals surface area contributed by atoms with Crippen molar-refractivity contribution in [2.24, 2.45) is 5.41 Å². The Balaban J connectivity index is 2.42. The number of aliphatic hydroxyl groups excluding tert-OH is 1. The van der Waals surface area contributed by atoms with Gasteiger partial charge in [0.1, 0.15) is 0 Å². The molecule has 0 saturated carbocycles. The van der Waals surface area contributed by atoms with Gasteiger partial charge in [0, 0.05) is 13.1 Å². The molecule has 5 nitrogen and oxygen atoms in total. The molecule has 1 aromatic rings. The number of rotatable bonds is 7. The zero-order valence-corrected chi connectivity index (χ0v) is 13.6. The summed E-state index contributed by atoms with van der Waals surface area (Å²) >= 11 is 0. The number of hydrogen-bond donors (Lipinski definition) is 3. The van der Waals surface area contributed by atoms with Crippen molar-refractivity contribution in [2.75, 3.05) is 13.7 Å². The highest BCUT2D eigenvalue weighted by molar-refractivity contribution is 5.73. The molecular weight excluding hydrogens is 287 g/mol. The van der Waals surface area contributed by atoms with Crippen LogP contribution in [0.4, 0.5) is 9.18 Å². The van der Waals surface area contributed by atoms with Gasteiger partial charge in [-0.25, -0.2) is 9.18 Å². The van der Waals surface area contributed by atoms with E-state index in [2.05, 4.69) is 10.6 Å². The molecule has 6 heteroatoms. The highest BCUT2D eigenvalue weighted by Gasteiger charge is 2.20. The number of benzene rings is 1. The van der Waals surface area contributed by atoms with Crippen LogP contribution < -0.4 is 15.4 Å². The number of urea groups is 1. The van der Waals surface area contributed by atoms with Crippen molar-refractivity contribution in [1.29, 1.82) is 0 Å². The smallest absolute Gasteiger partial charge is 0.315 e. The Kier molecular flexibility index (Phi) is 6.61. The molecule has 0 radical (unpaired) electrons. The molecule has 124 valence electrons. The summed E-state index contributed by atoms with van der Waals surface area (Å²) < 4.78 is 18.4. The third-order valence-corrected chi connectivity index (χ3v) is 3.24. The molecule has 0 aliphatic rings. The fourth-order valence-electron chi connectivity index (χ4n) is 2.26. The highest BCUT2D eigenvalue weighted by atomic mass is 19.1. The average molecular weight is 312 g/mol. The normalized spacial score (nSPS) is 12.6. The molecule has 1 atom stereocenters. The fourth-order valence-corrected chi connectivity index (χ4v) is 2.26. The van der Waals surface area contributed by atoms with E-state index in [0.717, 1.165) is 0 Å². The molecule has 0 fully saturated rings. The van der Waals surface area contributed by atoms with Crippen LogP contribution in [0.1, 0.15) is 32.8 Å². The molecule has 2 amide bonds. The second-order valence-electron chi connectivity index (χ2n) is 6.22. The Hall–Kier alpha value is -1.82. The molecule has 3 N–H and O–H groups in total. The lowest BCUT2D eigenvalue weighted by Gasteiger charge is -2.26. The maximum absolute atomic E-state index is 13.5. The second-order valence-corrected chi connectivity index (χ2v) is 6.22. The Bertz CT molecular complexity index is 504. The first-order chi connectivity index (χ1) is 10.2. The van der Waals surface area contributed by atoms with Crippen LogP contribution in [0.5, 0.6) is 5.75 Å². The fraction of sp³-hybridized carbons (Fsp3) is 0.562. The number of nitrogens with one attached hydrogen (secondary N) is 2. The molecule has 0 aromatic heterocycles. The third-order valence-electron chi connectivity index (χ3n) is 3.24. The highest BCUT2D eigenvalue weighted by Crippen LogP contribution is 2.21. The first-order valence-corrected chi connectivity index (χ1v) is 7.26. The molecule has 22 heavy (non-hydrogen) atoms. The molecule has 1 unspecified atom stereocenters. The molecule has 1 rings (SSSR count). The van der Waals surface area contributed by atoms with Gasteiger partial charge in [0.25, 0.3) is 0 Å². The summed E-state index contributed by atoms with van der Waals surface area (Å²) in [6.07, 6.45) is 0.180. The predicted octanol–water partition coefficient (Wildman–Crippen LogP) is 2.43. The van der Waals surface area contributed by atoms with Crippen LogP contribution in [-0.2, 0) is 6.54 Å². The van der Waals surface area contributed by atoms with E-state index in [9.17, 15) is 14.3 Å². The van der Waals surface area contributed by atoms with Gasteiger partial charge in [-0.05, 0) is 36.5 Å². The number of aliphatic hydroxyl groups is 1. The summed E-state index contributed by atoms with van der Waals surface area (Å²) in [5.74, 6) is -0.284. The van der Waals surface area contributed by atoms with Crippen molar-refractivity contribution >= 4 is 6.03 Å². The van der Waals surface area contributed by atoms with E-state index in [1.807, 2.05) is 13.8 Å². The molecule has 0 heterocycles. The van der Waals surface area contributed by atoms with E-state index in [4.69, 9.17) is 4.74 Å². The molecule has 0 bridgehead atoms. The summed E-state index contributed by atoms with van der Waals surface area (Å²) in [7, 11) is 1.40. The van der Waals surface area contributed by atoms with Crippen molar-refractivity contribution in [3.05, 3.63) is 29.6 Å². The minimum absolute atomic E-state index is 0.174. The van der Waals surface area contributed by atoms with Gasteiger partial charge in [-0.2, -0.15) is 0 Å². The van der Waals surface area contributed by atoms with Gasteiger partial charge in [0.05, 0.1) is 13.2 Å². The number of carbonyl (C=O) groups excluding carboxylic acids is 1. The summed E-state index contributed by atoms with van der Waals surface area (Å²) in [6.45, 7) is 6.34. The van der Waals surface area contributed by atoms with Crippen molar-refractivity contribution in [1.82, 2.24) is 10.6 Å². The monoisotopic (exact) mass is 312 g/mol. The average Bonchev–Trinajstić information content (AvgIpc) is 2.42. The lowest BCUT2D eigenvalue weighted by molar-refractivity contribution is 0.129. The van der Waals surface area contributed by atoms with Crippen LogP contribution in [0.25, 0.3) is 0 Å². The minimum Gasteiger partial charge on any atom is -0.494 e. The van der Waals surface area contributed by atoms with E-state index < -0.39 is 11.9 Å². The number of amides is 2. The van der Waals surface area contributed by atoms with Gasteiger partial charge in [0.2, 0.25) is 0 Å². The number of carbonyl (C=O) groups is 1. The predicted molar refractivity (Wildman–Crippen MR) is 83.3 cm³/mol. The topological polar surface area (TPSA) is 70.6 Å². The van der Waals surface area contributed by atoms with Crippen molar-refractivity contribution in [3.63, 3.8) is 0 Å². The number of halogens is 1. The van der Waals surface area contributed by atoms with Crippen molar-refractivity contribution in [2.45, 2.75) is 39.8 Å². The first-order valence-electron chi connectivity index (χ1n) is 7.26. The van der Waals surface area contributed by atoms with Crippen LogP contribution in [0.2, 0.25) is 0 Å². The summed E-state index contributed by atoms with van der Waals surface area (Å²) in [5.41, 5.74) is 0.453. The van der Waals surface area contributed by atoms with Crippen molar-refractivity contribution in [3.8, 4) is 5.75 Å². The Morgan fingerprint density at radius 1 is 1.41 bits per heavy atom. The number of hydrogen-bond acceptors (Lipinski definition) is 3. The first kappa shape index (κ1) is 18.2. The minimum atomic E-state index is -0.458. The molecule has 0 aliphatic carbocycles. The van der Waals surface area contributed by atoms with Crippen LogP contribution in [0, 0.1) is 11.2 Å². The van der Waals surface area contributed by atoms with E-state index in [0.29, 0.717) is 18.5 Å². The lowest BCUT2D eigenvalue weighted by atomic mass is 9.87. The van der Waals surface area contributed by atoms with Crippen LogP contribution >= 0.6 is 0 Å². The lowest BCUT2D eigenvalue weighted by Crippen LogP contribution is -2.41. The van der Waals surface area contributed by atoms with Gasteiger partial charge in [-0.1, -0.05) is 19.9 Å². The zero-order valence-electron chi connectivity index (χ0n) is 13.6. The quantitative estimate of drug-likeness (QED) is 0.724. The Morgan fingerprint density at radius 2 is 2.09 bits per heavy atom. The SMILES string of the molecule is COc1ccc(CNC(=O)NCC(C)(C)CC(C)O)cc1F. The summed E-state index contributed by atoms with van der Waals surface area (Å²) in [6, 6.07) is 4.22. The molecular formula is C16H25FN2O3. The Morgan fingerprint density at radius 3 is 2.64 bits per heavy atom. The maximum atomic E-state index is 13.5. The van der Waals surface area contributed by atoms with Crippen molar-refractivity contribution < 1.29 is 19.0 Å². The van der Waals surface area contributed by atoms with Crippen LogP contribution in [-0.4, -0.2) is 30.9 Å². The summed E-state index contributed by atoms with van der Waals surface area (Å²) in [4.78, 5) is 11.8. The summed E-state index contributed by atoms with van der Waals surface area (Å²) in [5, 5.41) is 14.8. The third kappa shape index (κ3) is 6.30. The number of methoxy groups -OCH3 is 1. The second kappa shape index (κ2) is 7.98. The van der Waals surface area contributed by atoms with E-state index >= 15 is 0 Å². The van der Waals surface area contributed by atoms with Gasteiger partial charge in [-0.3, -0.25) is 0 Å². The van der Waals surface area contributed by atoms with E-state index in [1.165, 1.54) is 19.2 Å².